The van der Waals surface area contributed by atoms with Crippen molar-refractivity contribution in [2.45, 2.75) is 83.4 Å². The van der Waals surface area contributed by atoms with Gasteiger partial charge in [-0.15, -0.1) is 24.8 Å². The number of hydrogen-bond acceptors (Lipinski definition) is 13. The Kier molecular flexibility index (Phi) is 15.7. The van der Waals surface area contributed by atoms with E-state index in [1.165, 1.54) is 12.8 Å². The van der Waals surface area contributed by atoms with Gasteiger partial charge in [-0.3, -0.25) is 28.5 Å². The number of aromatic nitrogens is 6. The van der Waals surface area contributed by atoms with Crippen molar-refractivity contribution >= 4 is 65.8 Å². The number of piperazine rings is 2. The second kappa shape index (κ2) is 20.1. The summed E-state index contributed by atoms with van der Waals surface area (Å²) in [5.41, 5.74) is 0.997. The third-order valence-corrected chi connectivity index (χ3v) is 12.5. The predicted molar refractivity (Wildman–Crippen MR) is 234 cm³/mol. The van der Waals surface area contributed by atoms with Crippen LogP contribution in [0.15, 0.2) is 46.2 Å². The summed E-state index contributed by atoms with van der Waals surface area (Å²) in [5.74, 6) is 1.45. The van der Waals surface area contributed by atoms with Gasteiger partial charge in [-0.05, 0) is 95.8 Å². The zero-order valence-electron chi connectivity index (χ0n) is 34.2. The van der Waals surface area contributed by atoms with E-state index in [0.29, 0.717) is 52.2 Å². The van der Waals surface area contributed by atoms with Gasteiger partial charge in [0.25, 0.3) is 11.1 Å². The summed E-state index contributed by atoms with van der Waals surface area (Å²) in [6.45, 7) is 16.0. The van der Waals surface area contributed by atoms with Crippen LogP contribution in [0.2, 0.25) is 6.82 Å². The molecule has 312 valence electrons. The van der Waals surface area contributed by atoms with Crippen LogP contribution < -0.4 is 26.2 Å². The number of pyridine rings is 2. The van der Waals surface area contributed by atoms with E-state index in [9.17, 15) is 14.6 Å². The molecule has 15 nitrogen and oxygen atoms in total. The molecule has 4 saturated heterocycles. The molecule has 0 saturated carbocycles. The van der Waals surface area contributed by atoms with Crippen LogP contribution in [0.1, 0.15) is 52.4 Å². The number of rotatable bonds is 7. The van der Waals surface area contributed by atoms with Crippen molar-refractivity contribution in [3.05, 3.63) is 57.4 Å². The van der Waals surface area contributed by atoms with Crippen LogP contribution in [0, 0.1) is 0 Å². The van der Waals surface area contributed by atoms with Crippen molar-refractivity contribution < 1.29 is 5.02 Å². The number of nitrogens with one attached hydrogen (secondary N) is 1. The molecule has 2 N–H and O–H groups in total. The van der Waals surface area contributed by atoms with E-state index in [-0.39, 0.29) is 43.0 Å². The molecule has 4 aliphatic rings. The molecule has 0 aliphatic carbocycles. The van der Waals surface area contributed by atoms with Crippen LogP contribution in [-0.2, 0) is 14.1 Å². The fourth-order valence-corrected chi connectivity index (χ4v) is 9.27. The number of halogens is 2. The maximum absolute atomic E-state index is 12.8. The van der Waals surface area contributed by atoms with Gasteiger partial charge in [0.2, 0.25) is 11.9 Å². The topological polar surface area (TPSA) is 144 Å². The standard InChI is InChI=1S/C20H31BN6O2.C19H28N6O.2ClH/c1-4-15-14-25(12-13-27(15)16-7-10-26(11-8-16)21(2)29)20-23-18-17(6-5-9-22-18)19(28)24(20)3;1-3-14-13-24(11-12-25(14)15-6-9-20-10-7-15)19-22-17-16(5-4-8-21-17)18(26)23(19)2;;/h5-6,9,15-16,29H,4,7-8,10-14H2,1-3H3;4-5,8,14-15,20H,3,6-7,9-13H2,1-2H3;2*1H/t15-;14-;;/m00../s1. The summed E-state index contributed by atoms with van der Waals surface area (Å²) in [4.78, 5) is 55.5. The molecular formula is C39H61BCl2N12O3. The highest BCUT2D eigenvalue weighted by Gasteiger charge is 2.36. The quantitative estimate of drug-likeness (QED) is 0.264. The minimum absolute atomic E-state index is 0. The van der Waals surface area contributed by atoms with Gasteiger partial charge in [0.05, 0.1) is 10.8 Å². The van der Waals surface area contributed by atoms with Crippen LogP contribution in [-0.4, -0.2) is 145 Å². The molecule has 8 rings (SSSR count). The molecule has 0 unspecified atom stereocenters. The summed E-state index contributed by atoms with van der Waals surface area (Å²) in [6.07, 6.45) is 10.2. The summed E-state index contributed by atoms with van der Waals surface area (Å²) in [5, 5.41) is 14.4. The molecule has 4 fully saturated rings. The molecule has 0 amide bonds. The number of piperidine rings is 2. The summed E-state index contributed by atoms with van der Waals surface area (Å²) >= 11 is 0. The highest BCUT2D eigenvalue weighted by Crippen LogP contribution is 2.27. The van der Waals surface area contributed by atoms with E-state index in [2.05, 4.69) is 53.5 Å². The van der Waals surface area contributed by atoms with Gasteiger partial charge in [-0.1, -0.05) is 13.8 Å². The van der Waals surface area contributed by atoms with Gasteiger partial charge in [0.1, 0.15) is 0 Å². The molecule has 18 heteroatoms. The largest absolute Gasteiger partial charge is 0.437 e. The van der Waals surface area contributed by atoms with Crippen LogP contribution >= 0.6 is 24.8 Å². The highest BCUT2D eigenvalue weighted by atomic mass is 35.5. The van der Waals surface area contributed by atoms with E-state index in [1.54, 1.807) is 52.8 Å². The molecule has 4 aliphatic heterocycles. The average molecular weight is 828 g/mol. The summed E-state index contributed by atoms with van der Waals surface area (Å²) in [7, 11) is 3.26. The smallest absolute Gasteiger partial charge is 0.376 e. The Labute approximate surface area is 348 Å². The first-order valence-corrected chi connectivity index (χ1v) is 20.5. The predicted octanol–water partition coefficient (Wildman–Crippen LogP) is 2.63. The van der Waals surface area contributed by atoms with E-state index < -0.39 is 0 Å². The number of anilines is 2. The highest BCUT2D eigenvalue weighted by molar-refractivity contribution is 6.45. The van der Waals surface area contributed by atoms with Crippen molar-refractivity contribution in [1.29, 1.82) is 0 Å². The second-order valence-electron chi connectivity index (χ2n) is 15.7. The molecule has 0 radical (unpaired) electrons. The Morgan fingerprint density at radius 1 is 0.702 bits per heavy atom. The Morgan fingerprint density at radius 3 is 1.56 bits per heavy atom. The number of nitrogens with zero attached hydrogens (tertiary/aromatic N) is 11. The van der Waals surface area contributed by atoms with E-state index in [4.69, 9.17) is 9.97 Å². The number of hydrogen-bond donors (Lipinski definition) is 2. The molecule has 2 atom stereocenters. The van der Waals surface area contributed by atoms with E-state index in [1.807, 2.05) is 13.9 Å². The molecule has 4 aromatic heterocycles. The van der Waals surface area contributed by atoms with E-state index >= 15 is 0 Å². The first-order chi connectivity index (χ1) is 26.7. The zero-order chi connectivity index (χ0) is 38.6. The lowest BCUT2D eigenvalue weighted by Crippen LogP contribution is -2.59. The molecule has 0 bridgehead atoms. The second-order valence-corrected chi connectivity index (χ2v) is 15.7. The number of fused-ring (bicyclic) bond motifs is 2. The third kappa shape index (κ3) is 9.58. The summed E-state index contributed by atoms with van der Waals surface area (Å²) in [6, 6.07) is 9.33. The molecule has 8 heterocycles. The maximum Gasteiger partial charge on any atom is 0.376 e. The molecule has 57 heavy (non-hydrogen) atoms. The van der Waals surface area contributed by atoms with Gasteiger partial charge in [0.15, 0.2) is 11.3 Å². The minimum Gasteiger partial charge on any atom is -0.437 e. The first kappa shape index (κ1) is 44.7. The van der Waals surface area contributed by atoms with Crippen LogP contribution in [0.25, 0.3) is 22.1 Å². The van der Waals surface area contributed by atoms with E-state index in [0.717, 1.165) is 97.1 Å². The van der Waals surface area contributed by atoms with Gasteiger partial charge in [0, 0.05) is 89.9 Å². The van der Waals surface area contributed by atoms with Crippen LogP contribution in [0.3, 0.4) is 0 Å². The van der Waals surface area contributed by atoms with Gasteiger partial charge < -0.3 is 25.0 Å². The Bertz CT molecular complexity index is 2040. The third-order valence-electron chi connectivity index (χ3n) is 12.5. The molecular weight excluding hydrogens is 766 g/mol. The summed E-state index contributed by atoms with van der Waals surface area (Å²) < 4.78 is 3.34. The van der Waals surface area contributed by atoms with Crippen molar-refractivity contribution in [2.75, 3.05) is 75.2 Å². The Hall–Kier alpha value is -3.38. The van der Waals surface area contributed by atoms with Crippen molar-refractivity contribution in [3.63, 3.8) is 0 Å². The van der Waals surface area contributed by atoms with Gasteiger partial charge in [-0.25, -0.2) is 9.97 Å². The first-order valence-electron chi connectivity index (χ1n) is 20.5. The Balaban J connectivity index is 0.000000211. The zero-order valence-corrected chi connectivity index (χ0v) is 35.8. The fourth-order valence-electron chi connectivity index (χ4n) is 9.27. The molecule has 0 aromatic carbocycles. The maximum atomic E-state index is 12.8. The lowest BCUT2D eigenvalue weighted by molar-refractivity contribution is 0.0771. The van der Waals surface area contributed by atoms with Crippen molar-refractivity contribution in [1.82, 2.24) is 49.0 Å². The minimum atomic E-state index is -0.358. The monoisotopic (exact) mass is 826 g/mol. The van der Waals surface area contributed by atoms with Crippen LogP contribution in [0.5, 0.6) is 0 Å². The van der Waals surface area contributed by atoms with Crippen molar-refractivity contribution in [2.24, 2.45) is 14.1 Å². The Morgan fingerprint density at radius 2 is 1.14 bits per heavy atom. The molecule has 4 aromatic rings. The van der Waals surface area contributed by atoms with Gasteiger partial charge >= 0.3 is 7.05 Å². The fraction of sp³-hybridized carbons (Fsp3) is 0.641. The molecule has 0 spiro atoms. The normalized spacial score (nSPS) is 21.8. The lowest BCUT2D eigenvalue weighted by Gasteiger charge is -2.47. The van der Waals surface area contributed by atoms with Crippen molar-refractivity contribution in [3.8, 4) is 0 Å². The van der Waals surface area contributed by atoms with Crippen LogP contribution in [0.4, 0.5) is 11.9 Å². The average Bonchev–Trinajstić information content (AvgIpc) is 3.23. The van der Waals surface area contributed by atoms with Gasteiger partial charge in [-0.2, -0.15) is 9.97 Å². The lowest BCUT2D eigenvalue weighted by atomic mass is 9.82. The SMILES string of the molecule is CC[C@H]1CN(c2nc3ncccc3c(=O)n2C)CCN1C1CCN(B(C)O)CC1.CC[C@H]1CN(c2nc3ncccc3c(=O)n2C)CCN1C1CCNCC1.Cl.Cl.